The molecule has 0 atom stereocenters. The molecule has 7 heteroatoms. The van der Waals surface area contributed by atoms with E-state index in [4.69, 9.17) is 4.98 Å². The molecule has 4 aromatic rings. The fourth-order valence-corrected chi connectivity index (χ4v) is 6.49. The van der Waals surface area contributed by atoms with E-state index in [9.17, 15) is 9.90 Å². The maximum absolute atomic E-state index is 12.4. The van der Waals surface area contributed by atoms with Gasteiger partial charge in [0.15, 0.2) is 0 Å². The maximum Gasteiger partial charge on any atom is 0.408 e. The Labute approximate surface area is 229 Å². The number of rotatable bonds is 5. The summed E-state index contributed by atoms with van der Waals surface area (Å²) in [6, 6.07) is 21.0. The molecule has 0 bridgehead atoms. The van der Waals surface area contributed by atoms with Crippen molar-refractivity contribution >= 4 is 11.9 Å². The summed E-state index contributed by atoms with van der Waals surface area (Å²) in [7, 11) is 1.91. The van der Waals surface area contributed by atoms with Gasteiger partial charge in [0.05, 0.1) is 22.6 Å². The smallest absolute Gasteiger partial charge is 0.408 e. The van der Waals surface area contributed by atoms with Crippen molar-refractivity contribution in [3.63, 3.8) is 0 Å². The van der Waals surface area contributed by atoms with Crippen LogP contribution in [0.4, 0.5) is 10.6 Å². The summed E-state index contributed by atoms with van der Waals surface area (Å²) in [5.41, 5.74) is 8.48. The third-order valence-electron chi connectivity index (χ3n) is 8.34. The normalized spacial score (nSPS) is 15.6. The van der Waals surface area contributed by atoms with E-state index in [-0.39, 0.29) is 0 Å². The number of benzene rings is 2. The number of aromatic amines is 1. The van der Waals surface area contributed by atoms with Crippen LogP contribution in [0.5, 0.6) is 0 Å². The Balaban J connectivity index is 1.46. The van der Waals surface area contributed by atoms with Gasteiger partial charge in [-0.25, -0.2) is 4.79 Å². The third kappa shape index (κ3) is 4.08. The van der Waals surface area contributed by atoms with Crippen LogP contribution in [0.15, 0.2) is 60.7 Å². The SMILES string of the molecule is CNc1[nH]nc2c1CCc1nc(-c3ccc(C4(N(C(=O)O)C(C)(C)C)CCC4)cc3)c(-c3ccccc3)cc1-2. The van der Waals surface area contributed by atoms with Crippen LogP contribution in [-0.2, 0) is 18.4 Å². The number of hydrogen-bond acceptors (Lipinski definition) is 4. The summed E-state index contributed by atoms with van der Waals surface area (Å²) in [5.74, 6) is 0.965. The van der Waals surface area contributed by atoms with Gasteiger partial charge in [-0.05, 0) is 70.1 Å². The highest BCUT2D eigenvalue weighted by Gasteiger charge is 2.50. The zero-order chi connectivity index (χ0) is 27.4. The van der Waals surface area contributed by atoms with Crippen LogP contribution in [0.2, 0.25) is 0 Å². The zero-order valence-corrected chi connectivity index (χ0v) is 23.0. The van der Waals surface area contributed by atoms with Gasteiger partial charge in [0.1, 0.15) is 5.82 Å². The molecular formula is C32H35N5O2. The second kappa shape index (κ2) is 9.26. The van der Waals surface area contributed by atoms with Crippen LogP contribution < -0.4 is 5.32 Å². The van der Waals surface area contributed by atoms with Crippen LogP contribution in [0.25, 0.3) is 33.6 Å². The average Bonchev–Trinajstić information content (AvgIpc) is 3.33. The van der Waals surface area contributed by atoms with E-state index in [1.807, 2.05) is 46.0 Å². The van der Waals surface area contributed by atoms with Crippen molar-refractivity contribution in [2.45, 2.75) is 64.0 Å². The lowest BCUT2D eigenvalue weighted by Crippen LogP contribution is -2.60. The number of pyridine rings is 1. The fourth-order valence-electron chi connectivity index (χ4n) is 6.49. The summed E-state index contributed by atoms with van der Waals surface area (Å²) in [4.78, 5) is 19.3. The van der Waals surface area contributed by atoms with Crippen molar-refractivity contribution in [3.05, 3.63) is 77.5 Å². The highest BCUT2D eigenvalue weighted by atomic mass is 16.4. The number of carbonyl (C=O) groups is 1. The van der Waals surface area contributed by atoms with Gasteiger partial charge in [0, 0.05) is 34.8 Å². The number of nitrogens with one attached hydrogen (secondary N) is 2. The molecule has 2 aliphatic rings. The number of carboxylic acid groups (broad SMARTS) is 1. The van der Waals surface area contributed by atoms with Gasteiger partial charge < -0.3 is 10.4 Å². The molecule has 0 unspecified atom stereocenters. The molecule has 0 aliphatic heterocycles. The number of H-pyrrole nitrogens is 1. The first-order valence-corrected chi connectivity index (χ1v) is 13.7. The minimum absolute atomic E-state index is 0.491. The van der Waals surface area contributed by atoms with E-state index < -0.39 is 17.2 Å². The highest BCUT2D eigenvalue weighted by Crippen LogP contribution is 2.50. The standard InChI is InChI=1S/C32H35N5O2/c1-31(2,3)37(30(38)39)32(17-8-18-32)22-13-11-21(12-14-22)27-24(20-9-6-5-7-10-20)19-25-26(34-27)16-15-23-28(25)35-36-29(23)33-4/h5-7,9-14,19H,8,15-18H2,1-4H3,(H,38,39)(H2,33,35,36). The number of amides is 1. The quantitative estimate of drug-likeness (QED) is 0.260. The number of hydrogen-bond donors (Lipinski definition) is 3. The predicted molar refractivity (Wildman–Crippen MR) is 155 cm³/mol. The molecule has 7 nitrogen and oxygen atoms in total. The molecule has 1 saturated carbocycles. The van der Waals surface area contributed by atoms with Gasteiger partial charge >= 0.3 is 6.09 Å². The molecule has 0 radical (unpaired) electrons. The second-order valence-electron chi connectivity index (χ2n) is 11.7. The molecule has 2 heterocycles. The topological polar surface area (TPSA) is 94.1 Å². The highest BCUT2D eigenvalue weighted by molar-refractivity contribution is 5.86. The third-order valence-corrected chi connectivity index (χ3v) is 8.34. The largest absolute Gasteiger partial charge is 0.465 e. The molecule has 1 fully saturated rings. The first kappa shape index (κ1) is 25.2. The van der Waals surface area contributed by atoms with Crippen molar-refractivity contribution in [1.29, 1.82) is 0 Å². The van der Waals surface area contributed by atoms with Crippen molar-refractivity contribution in [2.75, 3.05) is 12.4 Å². The summed E-state index contributed by atoms with van der Waals surface area (Å²) < 4.78 is 0. The first-order valence-electron chi connectivity index (χ1n) is 13.7. The Morgan fingerprint density at radius 1 is 0.974 bits per heavy atom. The van der Waals surface area contributed by atoms with E-state index in [1.54, 1.807) is 4.90 Å². The molecule has 2 aliphatic carbocycles. The summed E-state index contributed by atoms with van der Waals surface area (Å²) in [5, 5.41) is 21.2. The van der Waals surface area contributed by atoms with E-state index in [1.165, 1.54) is 5.56 Å². The van der Waals surface area contributed by atoms with Crippen LogP contribution in [-0.4, -0.2) is 43.9 Å². The lowest BCUT2D eigenvalue weighted by molar-refractivity contribution is -0.0328. The van der Waals surface area contributed by atoms with Gasteiger partial charge in [-0.3, -0.25) is 15.0 Å². The van der Waals surface area contributed by atoms with E-state index in [0.29, 0.717) is 0 Å². The van der Waals surface area contributed by atoms with Gasteiger partial charge in [-0.1, -0.05) is 54.6 Å². The predicted octanol–water partition coefficient (Wildman–Crippen LogP) is 7.10. The van der Waals surface area contributed by atoms with Gasteiger partial charge in [0.25, 0.3) is 0 Å². The molecule has 39 heavy (non-hydrogen) atoms. The van der Waals surface area contributed by atoms with Gasteiger partial charge in [0.2, 0.25) is 0 Å². The number of aryl methyl sites for hydroxylation is 1. The maximum atomic E-state index is 12.4. The average molecular weight is 522 g/mol. The molecule has 200 valence electrons. The molecule has 2 aromatic heterocycles. The molecular weight excluding hydrogens is 486 g/mol. The van der Waals surface area contributed by atoms with E-state index >= 15 is 0 Å². The molecule has 0 spiro atoms. The molecule has 6 rings (SSSR count). The zero-order valence-electron chi connectivity index (χ0n) is 23.0. The van der Waals surface area contributed by atoms with Crippen LogP contribution in [0.1, 0.15) is 56.9 Å². The Morgan fingerprint density at radius 2 is 1.69 bits per heavy atom. The van der Waals surface area contributed by atoms with Crippen LogP contribution in [0, 0.1) is 0 Å². The van der Waals surface area contributed by atoms with Crippen molar-refractivity contribution in [1.82, 2.24) is 20.1 Å². The minimum atomic E-state index is -0.867. The Morgan fingerprint density at radius 3 is 2.28 bits per heavy atom. The van der Waals surface area contributed by atoms with E-state index in [0.717, 1.165) is 82.8 Å². The Kier molecular flexibility index (Phi) is 5.97. The van der Waals surface area contributed by atoms with Crippen molar-refractivity contribution < 1.29 is 9.90 Å². The number of fused-ring (bicyclic) bond motifs is 3. The molecule has 3 N–H and O–H groups in total. The Hall–Kier alpha value is -4.13. The van der Waals surface area contributed by atoms with Crippen molar-refractivity contribution in [2.24, 2.45) is 0 Å². The number of aromatic nitrogens is 3. The van der Waals surface area contributed by atoms with Gasteiger partial charge in [-0.2, -0.15) is 5.10 Å². The first-order chi connectivity index (χ1) is 18.7. The lowest BCUT2D eigenvalue weighted by Gasteiger charge is -2.54. The monoisotopic (exact) mass is 521 g/mol. The van der Waals surface area contributed by atoms with Crippen LogP contribution >= 0.6 is 0 Å². The van der Waals surface area contributed by atoms with Gasteiger partial charge in [-0.15, -0.1) is 0 Å². The number of nitrogens with zero attached hydrogens (tertiary/aromatic N) is 3. The number of anilines is 1. The Bertz CT molecular complexity index is 1530. The molecule has 0 saturated heterocycles. The van der Waals surface area contributed by atoms with Crippen LogP contribution in [0.3, 0.4) is 0 Å². The second-order valence-corrected chi connectivity index (χ2v) is 11.7. The summed E-state index contributed by atoms with van der Waals surface area (Å²) >= 11 is 0. The van der Waals surface area contributed by atoms with E-state index in [2.05, 4.69) is 58.0 Å². The molecule has 2 aromatic carbocycles. The lowest BCUT2D eigenvalue weighted by atomic mass is 9.69. The minimum Gasteiger partial charge on any atom is -0.465 e. The summed E-state index contributed by atoms with van der Waals surface area (Å²) in [6.07, 6.45) is 3.56. The molecule has 1 amide bonds. The van der Waals surface area contributed by atoms with Crippen molar-refractivity contribution in [3.8, 4) is 33.6 Å². The summed E-state index contributed by atoms with van der Waals surface area (Å²) in [6.45, 7) is 5.93. The fraction of sp³-hybridized carbons (Fsp3) is 0.344.